The van der Waals surface area contributed by atoms with Gasteiger partial charge in [-0.3, -0.25) is 0 Å². The molecule has 0 heterocycles. The van der Waals surface area contributed by atoms with Gasteiger partial charge in [0, 0.05) is 12.2 Å². The molecule has 0 aromatic heterocycles. The molecule has 94 valence electrons. The fraction of sp³-hybridized carbons (Fsp3) is 0.0769. The molecule has 0 aliphatic carbocycles. The third-order valence-corrected chi connectivity index (χ3v) is 3.03. The monoisotopic (exact) mass is 283 g/mol. The number of nitrogens with one attached hydrogen (secondary N) is 1. The third kappa shape index (κ3) is 3.00. The smallest absolute Gasteiger partial charge is 0.152 e. The molecule has 0 aliphatic heterocycles. The molecular weight excluding hydrogens is 273 g/mol. The van der Waals surface area contributed by atoms with Crippen molar-refractivity contribution >= 4 is 28.9 Å². The van der Waals surface area contributed by atoms with Crippen LogP contribution in [-0.2, 0) is 6.54 Å². The highest BCUT2D eigenvalue weighted by atomic mass is 35.5. The average Bonchev–Trinajstić information content (AvgIpc) is 2.35. The molecule has 0 bridgehead atoms. The second kappa shape index (κ2) is 5.38. The maximum atomic E-state index is 9.43. The van der Waals surface area contributed by atoms with Crippen LogP contribution in [0.15, 0.2) is 36.4 Å². The van der Waals surface area contributed by atoms with E-state index in [1.807, 2.05) is 12.1 Å². The van der Waals surface area contributed by atoms with Crippen molar-refractivity contribution in [2.75, 3.05) is 5.32 Å². The fourth-order valence-electron chi connectivity index (χ4n) is 1.49. The largest absolute Gasteiger partial charge is 0.508 e. The zero-order valence-corrected chi connectivity index (χ0v) is 10.8. The number of benzene rings is 2. The van der Waals surface area contributed by atoms with Crippen molar-refractivity contribution in [2.45, 2.75) is 6.54 Å². The number of hydrogen-bond donors (Lipinski definition) is 3. The lowest BCUT2D eigenvalue weighted by Gasteiger charge is -2.09. The van der Waals surface area contributed by atoms with E-state index >= 15 is 0 Å². The molecule has 2 aromatic rings. The van der Waals surface area contributed by atoms with Gasteiger partial charge in [0.25, 0.3) is 0 Å². The summed E-state index contributed by atoms with van der Waals surface area (Å²) in [7, 11) is 0. The van der Waals surface area contributed by atoms with Gasteiger partial charge in [0.1, 0.15) is 5.75 Å². The van der Waals surface area contributed by atoms with Crippen LogP contribution < -0.4 is 5.32 Å². The Bertz CT molecular complexity index is 532. The van der Waals surface area contributed by atoms with E-state index in [0.29, 0.717) is 6.54 Å². The summed E-state index contributed by atoms with van der Waals surface area (Å²) < 4.78 is 0. The van der Waals surface area contributed by atoms with Crippen molar-refractivity contribution < 1.29 is 10.2 Å². The van der Waals surface area contributed by atoms with E-state index in [9.17, 15) is 5.11 Å². The lowest BCUT2D eigenvalue weighted by Crippen LogP contribution is -1.99. The summed E-state index contributed by atoms with van der Waals surface area (Å²) in [5.74, 6) is 0.114. The van der Waals surface area contributed by atoms with E-state index in [-0.39, 0.29) is 21.5 Å². The van der Waals surface area contributed by atoms with Gasteiger partial charge in [-0.1, -0.05) is 35.3 Å². The van der Waals surface area contributed by atoms with Gasteiger partial charge in [0.15, 0.2) is 5.75 Å². The first-order valence-electron chi connectivity index (χ1n) is 5.26. The SMILES string of the molecule is Oc1ccc(CNc2cc(Cl)c(O)c(Cl)c2)cc1. The highest BCUT2D eigenvalue weighted by Crippen LogP contribution is 2.34. The summed E-state index contributed by atoms with van der Waals surface area (Å²) in [6.45, 7) is 0.567. The summed E-state index contributed by atoms with van der Waals surface area (Å²) in [5, 5.41) is 22.1. The van der Waals surface area contributed by atoms with Gasteiger partial charge in [-0.25, -0.2) is 0 Å². The first-order valence-corrected chi connectivity index (χ1v) is 6.01. The minimum absolute atomic E-state index is 0.117. The normalized spacial score (nSPS) is 10.3. The summed E-state index contributed by atoms with van der Waals surface area (Å²) in [6, 6.07) is 10.1. The summed E-state index contributed by atoms with van der Waals surface area (Å²) >= 11 is 11.6. The predicted molar refractivity (Wildman–Crippen MR) is 73.6 cm³/mol. The molecule has 2 aromatic carbocycles. The number of aromatic hydroxyl groups is 2. The molecule has 0 fully saturated rings. The first-order chi connectivity index (χ1) is 8.56. The molecule has 18 heavy (non-hydrogen) atoms. The van der Waals surface area contributed by atoms with Gasteiger partial charge in [-0.05, 0) is 29.8 Å². The van der Waals surface area contributed by atoms with Crippen molar-refractivity contribution in [3.05, 3.63) is 52.0 Å². The third-order valence-electron chi connectivity index (χ3n) is 2.45. The summed E-state index contributed by atoms with van der Waals surface area (Å²) in [6.07, 6.45) is 0. The van der Waals surface area contributed by atoms with Crippen LogP contribution >= 0.6 is 23.2 Å². The van der Waals surface area contributed by atoms with Crippen LogP contribution in [0.2, 0.25) is 10.0 Å². The van der Waals surface area contributed by atoms with Gasteiger partial charge in [0.2, 0.25) is 0 Å². The Labute approximate surface area is 115 Å². The Hall–Kier alpha value is -1.58. The summed E-state index contributed by atoms with van der Waals surface area (Å²) in [4.78, 5) is 0. The van der Waals surface area contributed by atoms with E-state index in [2.05, 4.69) is 5.32 Å². The lowest BCUT2D eigenvalue weighted by molar-refractivity contribution is 0.475. The molecular formula is C13H11Cl2NO2. The van der Waals surface area contributed by atoms with E-state index in [4.69, 9.17) is 28.3 Å². The van der Waals surface area contributed by atoms with Gasteiger partial charge in [-0.2, -0.15) is 0 Å². The molecule has 2 rings (SSSR count). The Kier molecular flexibility index (Phi) is 3.84. The Morgan fingerprint density at radius 3 is 2.06 bits per heavy atom. The van der Waals surface area contributed by atoms with E-state index < -0.39 is 0 Å². The number of phenols is 2. The van der Waals surface area contributed by atoms with Crippen LogP contribution in [0.4, 0.5) is 5.69 Å². The van der Waals surface area contributed by atoms with Crippen molar-refractivity contribution in [1.29, 1.82) is 0 Å². The molecule has 3 N–H and O–H groups in total. The Balaban J connectivity index is 2.08. The van der Waals surface area contributed by atoms with Crippen LogP contribution in [0.3, 0.4) is 0 Å². The molecule has 3 nitrogen and oxygen atoms in total. The standard InChI is InChI=1S/C13H11Cl2NO2/c14-11-5-9(6-12(15)13(11)18)16-7-8-1-3-10(17)4-2-8/h1-6,16-18H,7H2. The molecule has 0 aliphatic rings. The maximum Gasteiger partial charge on any atom is 0.152 e. The Morgan fingerprint density at radius 2 is 1.50 bits per heavy atom. The predicted octanol–water partition coefficient (Wildman–Crippen LogP) is 4.02. The van der Waals surface area contributed by atoms with Crippen LogP contribution in [0.1, 0.15) is 5.56 Å². The van der Waals surface area contributed by atoms with Gasteiger partial charge in [-0.15, -0.1) is 0 Å². The van der Waals surface area contributed by atoms with Crippen LogP contribution in [-0.4, -0.2) is 10.2 Å². The lowest BCUT2D eigenvalue weighted by atomic mass is 10.2. The Morgan fingerprint density at radius 1 is 0.944 bits per heavy atom. The summed E-state index contributed by atoms with van der Waals surface area (Å²) in [5.41, 5.74) is 1.73. The number of anilines is 1. The van der Waals surface area contributed by atoms with Crippen molar-refractivity contribution in [1.82, 2.24) is 0 Å². The quantitative estimate of drug-likeness (QED) is 0.746. The number of phenolic OH excluding ortho intramolecular Hbond substituents is 2. The van der Waals surface area contributed by atoms with Crippen molar-refractivity contribution in [3.8, 4) is 11.5 Å². The minimum atomic E-state index is -0.117. The molecule has 0 radical (unpaired) electrons. The number of hydrogen-bond acceptors (Lipinski definition) is 3. The van der Waals surface area contributed by atoms with Gasteiger partial charge < -0.3 is 15.5 Å². The molecule has 0 saturated heterocycles. The minimum Gasteiger partial charge on any atom is -0.508 e. The highest BCUT2D eigenvalue weighted by molar-refractivity contribution is 6.37. The molecule has 0 saturated carbocycles. The van der Waals surface area contributed by atoms with Crippen LogP contribution in [0.5, 0.6) is 11.5 Å². The second-order valence-corrected chi connectivity index (χ2v) is 4.62. The van der Waals surface area contributed by atoms with Crippen LogP contribution in [0.25, 0.3) is 0 Å². The number of halogens is 2. The van der Waals surface area contributed by atoms with E-state index in [1.54, 1.807) is 24.3 Å². The maximum absolute atomic E-state index is 9.43. The van der Waals surface area contributed by atoms with E-state index in [1.165, 1.54) is 0 Å². The van der Waals surface area contributed by atoms with Crippen molar-refractivity contribution in [2.24, 2.45) is 0 Å². The molecule has 0 atom stereocenters. The average molecular weight is 284 g/mol. The fourth-order valence-corrected chi connectivity index (χ4v) is 1.97. The van der Waals surface area contributed by atoms with Gasteiger partial charge in [0.05, 0.1) is 10.0 Å². The molecule has 5 heteroatoms. The zero-order valence-electron chi connectivity index (χ0n) is 9.32. The van der Waals surface area contributed by atoms with Crippen LogP contribution in [0, 0.1) is 0 Å². The molecule has 0 amide bonds. The number of rotatable bonds is 3. The highest BCUT2D eigenvalue weighted by Gasteiger charge is 2.06. The van der Waals surface area contributed by atoms with Crippen molar-refractivity contribution in [3.63, 3.8) is 0 Å². The van der Waals surface area contributed by atoms with Gasteiger partial charge >= 0.3 is 0 Å². The molecule has 0 unspecified atom stereocenters. The van der Waals surface area contributed by atoms with E-state index in [0.717, 1.165) is 11.3 Å². The zero-order chi connectivity index (χ0) is 13.1. The molecule has 0 spiro atoms. The second-order valence-electron chi connectivity index (χ2n) is 3.81. The topological polar surface area (TPSA) is 52.5 Å². The first kappa shape index (κ1) is 12.9.